The highest BCUT2D eigenvalue weighted by Crippen LogP contribution is 2.46. The summed E-state index contributed by atoms with van der Waals surface area (Å²) in [5.41, 5.74) is 0. The van der Waals surface area contributed by atoms with Crippen LogP contribution in [-0.2, 0) is 37.0 Å². The molecule has 0 rings (SSSR count). The van der Waals surface area contributed by atoms with Gasteiger partial charge in [0.15, 0.2) is 49.9 Å². The second kappa shape index (κ2) is 14.6. The van der Waals surface area contributed by atoms with Crippen molar-refractivity contribution in [1.82, 2.24) is 0 Å². The Morgan fingerprint density at radius 3 is 0.477 bits per heavy atom. The minimum atomic E-state index is -3.93. The van der Waals surface area contributed by atoms with E-state index in [4.69, 9.17) is 37.0 Å². The normalized spacial score (nSPS) is 16.1. The van der Waals surface area contributed by atoms with Crippen molar-refractivity contribution in [3.63, 3.8) is 0 Å². The van der Waals surface area contributed by atoms with Crippen molar-refractivity contribution >= 4 is 85.1 Å². The van der Waals surface area contributed by atoms with E-state index in [2.05, 4.69) is 139 Å². The zero-order valence-corrected chi connectivity index (χ0v) is 43.2. The van der Waals surface area contributed by atoms with Gasteiger partial charge in [-0.1, -0.05) is 20.8 Å². The van der Waals surface area contributed by atoms with Gasteiger partial charge in [-0.05, 0) is 118 Å². The first-order valence-corrected chi connectivity index (χ1v) is 44.8. The molecule has 0 unspecified atom stereocenters. The van der Waals surface area contributed by atoms with E-state index in [0.717, 1.165) is 0 Å². The van der Waals surface area contributed by atoms with Gasteiger partial charge in [0.2, 0.25) is 0 Å². The Morgan fingerprint density at radius 2 is 0.386 bits per heavy atom. The van der Waals surface area contributed by atoms with Crippen molar-refractivity contribution in [3.05, 3.63) is 0 Å². The number of hydrogen-bond donors (Lipinski definition) is 0. The molecule has 44 heavy (non-hydrogen) atoms. The predicted molar refractivity (Wildman–Crippen MR) is 210 cm³/mol. The lowest BCUT2D eigenvalue weighted by Crippen LogP contribution is -2.73. The highest BCUT2D eigenvalue weighted by molar-refractivity contribution is 6.95. The van der Waals surface area contributed by atoms with Gasteiger partial charge in [-0.15, -0.1) is 0 Å². The Labute approximate surface area is 284 Å². The van der Waals surface area contributed by atoms with Gasteiger partial charge in [-0.3, -0.25) is 0 Å². The average Bonchev–Trinajstić information content (AvgIpc) is 2.47. The van der Waals surface area contributed by atoms with Crippen LogP contribution in [0.3, 0.4) is 0 Å². The molecule has 266 valence electrons. The molecule has 0 aromatic rings. The van der Waals surface area contributed by atoms with Crippen molar-refractivity contribution < 1.29 is 37.0 Å². The average molecular weight is 798 g/mol. The minimum absolute atomic E-state index is 0.632. The van der Waals surface area contributed by atoms with E-state index in [1.165, 1.54) is 0 Å². The Hall–Kier alpha value is 1.81. The highest BCUT2D eigenvalue weighted by Gasteiger charge is 2.68. The standard InChI is InChI=1S/C25H72O9Si10/c1-25(2,3)44(32-41(22,26-35(4,5)6)27-36(7,8)9,33-42(23,28-37(10,11)12)29-38(13,14)15)34-43(24,30-39(16,17)18)31-40(19,20)21/h1-24H3. The summed E-state index contributed by atoms with van der Waals surface area (Å²) in [6.45, 7) is 51.4. The number of rotatable bonds is 18. The maximum Gasteiger partial charge on any atom is 0.484 e. The first-order chi connectivity index (χ1) is 18.6. The topological polar surface area (TPSA) is 83.1 Å². The third-order valence-corrected chi connectivity index (χ3v) is 37.9. The molecule has 0 atom stereocenters. The van der Waals surface area contributed by atoms with E-state index in [1.807, 2.05) is 19.6 Å². The largest absolute Gasteiger partial charge is 0.484 e. The van der Waals surface area contributed by atoms with E-state index in [9.17, 15) is 0 Å². The Kier molecular flexibility index (Phi) is 15.2. The van der Waals surface area contributed by atoms with Gasteiger partial charge in [0.05, 0.1) is 0 Å². The van der Waals surface area contributed by atoms with Gasteiger partial charge in [-0.25, -0.2) is 0 Å². The molecule has 0 N–H and O–H groups in total. The van der Waals surface area contributed by atoms with Gasteiger partial charge in [0.25, 0.3) is 0 Å². The smallest absolute Gasteiger partial charge is 0.417 e. The third-order valence-electron chi connectivity index (χ3n) is 4.83. The van der Waals surface area contributed by atoms with Crippen molar-refractivity contribution in [3.8, 4) is 0 Å². The van der Waals surface area contributed by atoms with Crippen LogP contribution in [0.4, 0.5) is 0 Å². The molecule has 0 amide bonds. The molecule has 0 radical (unpaired) electrons. The third kappa shape index (κ3) is 19.1. The molecule has 0 aliphatic rings. The van der Waals surface area contributed by atoms with E-state index >= 15 is 0 Å². The lowest BCUT2D eigenvalue weighted by atomic mass is 10.3. The van der Waals surface area contributed by atoms with Crippen LogP contribution in [0.15, 0.2) is 0 Å². The second-order valence-corrected chi connectivity index (χ2v) is 59.5. The fraction of sp³-hybridized carbons (Fsp3) is 1.00. The molecule has 0 bridgehead atoms. The quantitative estimate of drug-likeness (QED) is 0.126. The predicted octanol–water partition coefficient (Wildman–Crippen LogP) is 9.59. The summed E-state index contributed by atoms with van der Waals surface area (Å²) in [5.74, 6) is 0. The molecule has 19 heteroatoms. The molecule has 0 fully saturated rings. The summed E-state index contributed by atoms with van der Waals surface area (Å²) < 4.78 is 64.0. The van der Waals surface area contributed by atoms with E-state index in [0.29, 0.717) is 0 Å². The van der Waals surface area contributed by atoms with Crippen LogP contribution in [0, 0.1) is 0 Å². The van der Waals surface area contributed by atoms with Gasteiger partial charge < -0.3 is 37.0 Å². The van der Waals surface area contributed by atoms with Gasteiger partial charge >= 0.3 is 35.2 Å². The summed E-state index contributed by atoms with van der Waals surface area (Å²) >= 11 is 0. The molecule has 0 aromatic heterocycles. The highest BCUT2D eigenvalue weighted by atomic mass is 28.6. The van der Waals surface area contributed by atoms with Crippen molar-refractivity contribution in [2.24, 2.45) is 0 Å². The molecular weight excluding hydrogens is 725 g/mol. The lowest BCUT2D eigenvalue weighted by Gasteiger charge is -2.52. The SMILES string of the molecule is CC(C)(C)[Si](O[Si](C)(O[Si](C)(C)C)O[Si](C)(C)C)(O[Si](C)(O[Si](C)(C)C)O[Si](C)(C)C)O[Si](C)(O[Si](C)(C)C)O[Si](C)(C)C. The maximum atomic E-state index is 7.46. The second-order valence-electron chi connectivity index (χ2n) is 19.0. The summed E-state index contributed by atoms with van der Waals surface area (Å²) in [6, 6.07) is 0. The maximum absolute atomic E-state index is 7.46. The minimum Gasteiger partial charge on any atom is -0.417 e. The molecule has 0 heterocycles. The molecule has 9 nitrogen and oxygen atoms in total. The van der Waals surface area contributed by atoms with Crippen LogP contribution < -0.4 is 0 Å². The monoisotopic (exact) mass is 796 g/mol. The molecule has 0 aliphatic carbocycles. The van der Waals surface area contributed by atoms with Crippen LogP contribution in [0.5, 0.6) is 0 Å². The molecule has 0 saturated carbocycles. The van der Waals surface area contributed by atoms with Crippen LogP contribution in [-0.4, -0.2) is 85.1 Å². The zero-order chi connectivity index (χ0) is 35.9. The zero-order valence-electron chi connectivity index (χ0n) is 33.2. The van der Waals surface area contributed by atoms with E-state index in [-0.39, 0.29) is 0 Å². The van der Waals surface area contributed by atoms with Crippen molar-refractivity contribution in [2.75, 3.05) is 0 Å². The molecule has 0 aromatic carbocycles. The fourth-order valence-electron chi connectivity index (χ4n) is 4.78. The van der Waals surface area contributed by atoms with Gasteiger partial charge in [0.1, 0.15) is 0 Å². The summed E-state index contributed by atoms with van der Waals surface area (Å²) in [4.78, 5) is 0. The van der Waals surface area contributed by atoms with Crippen LogP contribution in [0.2, 0.25) is 143 Å². The first-order valence-electron chi connectivity index (χ1n) is 15.9. The van der Waals surface area contributed by atoms with Crippen LogP contribution in [0.1, 0.15) is 20.8 Å². The fourth-order valence-corrected chi connectivity index (χ4v) is 47.5. The van der Waals surface area contributed by atoms with Crippen molar-refractivity contribution in [1.29, 1.82) is 0 Å². The van der Waals surface area contributed by atoms with Gasteiger partial charge in [0, 0.05) is 24.7 Å². The van der Waals surface area contributed by atoms with E-state index in [1.54, 1.807) is 0 Å². The first kappa shape index (κ1) is 45.8. The van der Waals surface area contributed by atoms with Crippen molar-refractivity contribution in [2.45, 2.75) is 163 Å². The van der Waals surface area contributed by atoms with E-state index < -0.39 is 90.2 Å². The lowest BCUT2D eigenvalue weighted by molar-refractivity contribution is 0.102. The molecule has 0 saturated heterocycles. The summed E-state index contributed by atoms with van der Waals surface area (Å²) in [6.07, 6.45) is 0. The Balaban J connectivity index is 7.91. The van der Waals surface area contributed by atoms with Crippen LogP contribution in [0.25, 0.3) is 0 Å². The summed E-state index contributed by atoms with van der Waals surface area (Å²) in [7, 11) is -27.0. The number of hydrogen-bond acceptors (Lipinski definition) is 9. The summed E-state index contributed by atoms with van der Waals surface area (Å²) in [5, 5.41) is -0.632. The Morgan fingerprint density at radius 1 is 0.250 bits per heavy atom. The molecular formula is C25H72O9Si10. The van der Waals surface area contributed by atoms with Gasteiger partial charge in [-0.2, -0.15) is 0 Å². The Bertz CT molecular complexity index is 767. The molecule has 0 spiro atoms. The molecule has 0 aliphatic heterocycles. The van der Waals surface area contributed by atoms with Crippen LogP contribution >= 0.6 is 0 Å².